The predicted octanol–water partition coefficient (Wildman–Crippen LogP) is 2.85. The highest BCUT2D eigenvalue weighted by molar-refractivity contribution is 7.16. The summed E-state index contributed by atoms with van der Waals surface area (Å²) < 4.78 is 18.9. The second-order valence-corrected chi connectivity index (χ2v) is 3.27. The molecule has 2 rings (SSSR count). The molecule has 2 aromatic rings. The first kappa shape index (κ1) is 7.55. The molecule has 0 bridgehead atoms. The van der Waals surface area contributed by atoms with Gasteiger partial charge in [0.05, 0.1) is 7.11 Å². The summed E-state index contributed by atoms with van der Waals surface area (Å²) in [5, 5.41) is 3.81. The number of benzene rings is 1. The van der Waals surface area contributed by atoms with Gasteiger partial charge in [-0.1, -0.05) is 0 Å². The topological polar surface area (TPSA) is 9.23 Å². The second-order valence-electron chi connectivity index (χ2n) is 2.39. The summed E-state index contributed by atoms with van der Waals surface area (Å²) in [6.45, 7) is 0. The zero-order chi connectivity index (χ0) is 8.55. The van der Waals surface area contributed by atoms with Gasteiger partial charge in [0.2, 0.25) is 0 Å². The number of hydrogen-bond acceptors (Lipinski definition) is 2. The first-order valence-corrected chi connectivity index (χ1v) is 4.26. The summed E-state index contributed by atoms with van der Waals surface area (Å²) in [7, 11) is 1.46. The summed E-state index contributed by atoms with van der Waals surface area (Å²) in [5.41, 5.74) is 0. The number of thiophene rings is 1. The number of methoxy groups -OCH3 is 1. The van der Waals surface area contributed by atoms with Gasteiger partial charge in [0.15, 0.2) is 11.6 Å². The third-order valence-electron chi connectivity index (χ3n) is 1.67. The van der Waals surface area contributed by atoms with Crippen LogP contribution in [0.25, 0.3) is 10.1 Å². The van der Waals surface area contributed by atoms with Crippen molar-refractivity contribution in [2.24, 2.45) is 0 Å². The molecule has 0 spiro atoms. The average molecular weight is 181 g/mol. The second kappa shape index (κ2) is 2.75. The van der Waals surface area contributed by atoms with Crippen LogP contribution in [0.4, 0.5) is 4.39 Å². The number of ether oxygens (including phenoxy) is 1. The lowest BCUT2D eigenvalue weighted by Crippen LogP contribution is -1.86. The smallest absolute Gasteiger partial charge is 0.165 e. The van der Waals surface area contributed by atoms with E-state index in [-0.39, 0.29) is 5.82 Å². The Bertz CT molecular complexity index is 408. The molecule has 0 fully saturated rings. The van der Waals surface area contributed by atoms with E-state index in [2.05, 4.69) is 5.38 Å². The standard InChI is InChI=1S/C9H6FOS/c1-11-8-5-9-6(2-3-12-9)4-7(8)10/h2,4-5H,1H3. The first-order chi connectivity index (χ1) is 5.81. The van der Waals surface area contributed by atoms with Crippen LogP contribution in [0.2, 0.25) is 0 Å². The van der Waals surface area contributed by atoms with E-state index >= 15 is 0 Å². The van der Waals surface area contributed by atoms with Gasteiger partial charge in [-0.05, 0) is 17.5 Å². The monoisotopic (exact) mass is 181 g/mol. The number of hydrogen-bond donors (Lipinski definition) is 0. The third-order valence-corrected chi connectivity index (χ3v) is 2.48. The molecule has 61 valence electrons. The maximum atomic E-state index is 13.1. The largest absolute Gasteiger partial charge is 0.494 e. The van der Waals surface area contributed by atoms with Crippen LogP contribution in [0.5, 0.6) is 5.75 Å². The molecule has 0 aliphatic heterocycles. The van der Waals surface area contributed by atoms with Gasteiger partial charge in [0.1, 0.15) is 0 Å². The van der Waals surface area contributed by atoms with Crippen LogP contribution in [0.1, 0.15) is 0 Å². The SMILES string of the molecule is COc1cc2s[c]cc2cc1F. The molecule has 0 atom stereocenters. The number of rotatable bonds is 1. The van der Waals surface area contributed by atoms with Crippen LogP contribution in [0, 0.1) is 11.2 Å². The van der Waals surface area contributed by atoms with Crippen molar-refractivity contribution in [3.8, 4) is 5.75 Å². The Morgan fingerprint density at radius 2 is 2.33 bits per heavy atom. The molecule has 1 radical (unpaired) electrons. The van der Waals surface area contributed by atoms with Crippen LogP contribution >= 0.6 is 11.3 Å². The minimum Gasteiger partial charge on any atom is -0.494 e. The van der Waals surface area contributed by atoms with Gasteiger partial charge < -0.3 is 4.74 Å². The van der Waals surface area contributed by atoms with Crippen molar-refractivity contribution in [2.75, 3.05) is 7.11 Å². The Kier molecular flexibility index (Phi) is 1.73. The summed E-state index contributed by atoms with van der Waals surface area (Å²) >= 11 is 1.45. The molecule has 1 aromatic carbocycles. The average Bonchev–Trinajstić information content (AvgIpc) is 2.49. The summed E-state index contributed by atoms with van der Waals surface area (Å²) in [5.74, 6) is -0.0323. The molecule has 0 amide bonds. The highest BCUT2D eigenvalue weighted by Crippen LogP contribution is 2.27. The molecule has 3 heteroatoms. The number of fused-ring (bicyclic) bond motifs is 1. The van der Waals surface area contributed by atoms with E-state index in [9.17, 15) is 4.39 Å². The summed E-state index contributed by atoms with van der Waals surface area (Å²) in [6, 6.07) is 4.91. The Hall–Kier alpha value is -1.09. The zero-order valence-corrected chi connectivity index (χ0v) is 7.24. The van der Waals surface area contributed by atoms with Gasteiger partial charge in [-0.3, -0.25) is 0 Å². The molecule has 1 aromatic heterocycles. The molecular weight excluding hydrogens is 175 g/mol. The van der Waals surface area contributed by atoms with Gasteiger partial charge in [0.25, 0.3) is 0 Å². The Morgan fingerprint density at radius 3 is 3.08 bits per heavy atom. The Labute approximate surface area is 73.4 Å². The van der Waals surface area contributed by atoms with Crippen LogP contribution in [0.15, 0.2) is 18.2 Å². The Morgan fingerprint density at radius 1 is 1.50 bits per heavy atom. The van der Waals surface area contributed by atoms with Crippen LogP contribution in [-0.4, -0.2) is 7.11 Å². The van der Waals surface area contributed by atoms with Gasteiger partial charge in [0, 0.05) is 16.1 Å². The van der Waals surface area contributed by atoms with E-state index in [0.717, 1.165) is 10.1 Å². The Balaban J connectivity index is 2.73. The van der Waals surface area contributed by atoms with Crippen molar-refractivity contribution in [1.82, 2.24) is 0 Å². The minimum atomic E-state index is -0.322. The molecule has 0 N–H and O–H groups in total. The molecular formula is C9H6FOS. The fourth-order valence-corrected chi connectivity index (χ4v) is 1.78. The van der Waals surface area contributed by atoms with E-state index < -0.39 is 0 Å². The van der Waals surface area contributed by atoms with Crippen molar-refractivity contribution in [3.63, 3.8) is 0 Å². The summed E-state index contributed by atoms with van der Waals surface area (Å²) in [4.78, 5) is 0. The molecule has 1 heterocycles. The van der Waals surface area contributed by atoms with Crippen LogP contribution < -0.4 is 4.74 Å². The lowest BCUT2D eigenvalue weighted by molar-refractivity contribution is 0.387. The maximum absolute atomic E-state index is 13.1. The molecule has 0 aliphatic carbocycles. The van der Waals surface area contributed by atoms with Gasteiger partial charge >= 0.3 is 0 Å². The highest BCUT2D eigenvalue weighted by atomic mass is 32.1. The van der Waals surface area contributed by atoms with E-state index in [0.29, 0.717) is 5.75 Å². The minimum absolute atomic E-state index is 0.290. The van der Waals surface area contributed by atoms with E-state index in [4.69, 9.17) is 4.74 Å². The van der Waals surface area contributed by atoms with Crippen molar-refractivity contribution >= 4 is 21.4 Å². The molecule has 0 saturated heterocycles. The van der Waals surface area contributed by atoms with Gasteiger partial charge in [-0.15, -0.1) is 11.3 Å². The third kappa shape index (κ3) is 1.06. The highest BCUT2D eigenvalue weighted by Gasteiger charge is 2.04. The van der Waals surface area contributed by atoms with Gasteiger partial charge in [-0.2, -0.15) is 0 Å². The van der Waals surface area contributed by atoms with Crippen molar-refractivity contribution in [1.29, 1.82) is 0 Å². The van der Waals surface area contributed by atoms with Gasteiger partial charge in [-0.25, -0.2) is 4.39 Å². The lowest BCUT2D eigenvalue weighted by Gasteiger charge is -2.00. The van der Waals surface area contributed by atoms with E-state index in [1.165, 1.54) is 24.5 Å². The fraction of sp³-hybridized carbons (Fsp3) is 0.111. The van der Waals surface area contributed by atoms with Crippen LogP contribution in [0.3, 0.4) is 0 Å². The molecule has 0 aliphatic rings. The molecule has 0 unspecified atom stereocenters. The van der Waals surface area contributed by atoms with E-state index in [1.54, 1.807) is 12.1 Å². The summed E-state index contributed by atoms with van der Waals surface area (Å²) in [6.07, 6.45) is 0. The van der Waals surface area contributed by atoms with Crippen LogP contribution in [-0.2, 0) is 0 Å². The molecule has 12 heavy (non-hydrogen) atoms. The van der Waals surface area contributed by atoms with E-state index in [1.807, 2.05) is 0 Å². The quantitative estimate of drug-likeness (QED) is 0.657. The lowest BCUT2D eigenvalue weighted by atomic mass is 10.2. The zero-order valence-electron chi connectivity index (χ0n) is 6.43. The number of halogens is 1. The fourth-order valence-electron chi connectivity index (χ4n) is 1.06. The molecule has 1 nitrogen and oxygen atoms in total. The maximum Gasteiger partial charge on any atom is 0.165 e. The van der Waals surface area contributed by atoms with Crippen molar-refractivity contribution in [3.05, 3.63) is 29.4 Å². The van der Waals surface area contributed by atoms with Crippen molar-refractivity contribution < 1.29 is 9.13 Å². The molecule has 0 saturated carbocycles. The normalized spacial score (nSPS) is 10.5. The first-order valence-electron chi connectivity index (χ1n) is 3.44. The van der Waals surface area contributed by atoms with Crippen molar-refractivity contribution in [2.45, 2.75) is 0 Å². The predicted molar refractivity (Wildman–Crippen MR) is 47.2 cm³/mol.